The van der Waals surface area contributed by atoms with Crippen molar-refractivity contribution in [3.8, 4) is 11.5 Å². The van der Waals surface area contributed by atoms with E-state index in [0.717, 1.165) is 16.0 Å². The molecule has 2 N–H and O–H groups in total. The van der Waals surface area contributed by atoms with Crippen LogP contribution in [0, 0.1) is 0 Å². The van der Waals surface area contributed by atoms with E-state index in [0.29, 0.717) is 36.2 Å². The lowest BCUT2D eigenvalue weighted by Gasteiger charge is -2.15. The topological polar surface area (TPSA) is 50.7 Å². The highest BCUT2D eigenvalue weighted by atomic mass is 35.5. The molecule has 142 valence electrons. The van der Waals surface area contributed by atoms with Gasteiger partial charge in [-0.25, -0.2) is 0 Å². The van der Waals surface area contributed by atoms with Crippen LogP contribution in [0.4, 0.5) is 0 Å². The summed E-state index contributed by atoms with van der Waals surface area (Å²) < 4.78 is 11.3. The summed E-state index contributed by atoms with van der Waals surface area (Å²) in [6, 6.07) is 17.3. The van der Waals surface area contributed by atoms with Gasteiger partial charge in [0.15, 0.2) is 11.5 Å². The van der Waals surface area contributed by atoms with Crippen molar-refractivity contribution in [3.05, 3.63) is 81.0 Å². The fourth-order valence-corrected chi connectivity index (χ4v) is 3.60. The molecule has 6 heteroatoms. The zero-order chi connectivity index (χ0) is 19.1. The molecule has 1 unspecified atom stereocenters. The Morgan fingerprint density at radius 1 is 1.15 bits per heavy atom. The second kappa shape index (κ2) is 9.76. The number of nitrogens with one attached hydrogen (secondary N) is 1. The van der Waals surface area contributed by atoms with E-state index in [1.54, 1.807) is 18.4 Å². The minimum Gasteiger partial charge on any atom is -0.493 e. The van der Waals surface area contributed by atoms with E-state index in [1.165, 1.54) is 0 Å². The third-order valence-corrected chi connectivity index (χ3v) is 5.21. The van der Waals surface area contributed by atoms with Crippen LogP contribution in [-0.2, 0) is 13.2 Å². The van der Waals surface area contributed by atoms with Crippen molar-refractivity contribution in [2.75, 3.05) is 13.7 Å². The molecule has 0 saturated carbocycles. The van der Waals surface area contributed by atoms with E-state index < -0.39 is 6.10 Å². The van der Waals surface area contributed by atoms with Crippen LogP contribution in [0.1, 0.15) is 22.1 Å². The van der Waals surface area contributed by atoms with Crippen molar-refractivity contribution in [3.63, 3.8) is 0 Å². The normalized spacial score (nSPS) is 12.0. The summed E-state index contributed by atoms with van der Waals surface area (Å²) in [5.74, 6) is 1.14. The number of hydrogen-bond donors (Lipinski definition) is 2. The first kappa shape index (κ1) is 19.7. The third kappa shape index (κ3) is 5.47. The van der Waals surface area contributed by atoms with E-state index in [9.17, 15) is 5.11 Å². The molecule has 3 rings (SSSR count). The third-order valence-electron chi connectivity index (χ3n) is 4.08. The Morgan fingerprint density at radius 3 is 2.67 bits per heavy atom. The summed E-state index contributed by atoms with van der Waals surface area (Å²) in [6.07, 6.45) is -0.558. The SMILES string of the molecule is COc1cc(CNCC(O)c2ccccc2)cc(Cl)c1OCc1cccs1. The van der Waals surface area contributed by atoms with E-state index >= 15 is 0 Å². The number of halogens is 1. The van der Waals surface area contributed by atoms with Gasteiger partial charge in [-0.15, -0.1) is 11.3 Å². The molecule has 4 nitrogen and oxygen atoms in total. The van der Waals surface area contributed by atoms with Gasteiger partial charge in [0.2, 0.25) is 0 Å². The Kier molecular flexibility index (Phi) is 7.12. The first-order valence-corrected chi connectivity index (χ1v) is 9.88. The number of thiophene rings is 1. The quantitative estimate of drug-likeness (QED) is 0.538. The molecule has 0 aliphatic heterocycles. The van der Waals surface area contributed by atoms with E-state index in [-0.39, 0.29) is 0 Å². The van der Waals surface area contributed by atoms with Crippen LogP contribution in [-0.4, -0.2) is 18.8 Å². The predicted octanol–water partition coefficient (Wildman–Crippen LogP) is 4.81. The van der Waals surface area contributed by atoms with Crippen molar-refractivity contribution in [2.24, 2.45) is 0 Å². The molecular weight excluding hydrogens is 382 g/mol. The summed E-state index contributed by atoms with van der Waals surface area (Å²) in [6.45, 7) is 1.46. The minimum absolute atomic E-state index is 0.445. The highest BCUT2D eigenvalue weighted by Crippen LogP contribution is 2.37. The first-order chi connectivity index (χ1) is 13.2. The van der Waals surface area contributed by atoms with Gasteiger partial charge in [0.05, 0.1) is 18.2 Å². The number of ether oxygens (including phenoxy) is 2. The lowest BCUT2D eigenvalue weighted by molar-refractivity contribution is 0.174. The molecule has 2 aromatic carbocycles. The minimum atomic E-state index is -0.558. The Balaban J connectivity index is 1.60. The standard InChI is InChI=1S/C21H22ClNO3S/c1-25-20-11-15(12-23-13-19(24)16-6-3-2-4-7-16)10-18(22)21(20)26-14-17-8-5-9-27-17/h2-11,19,23-24H,12-14H2,1H3. The molecule has 3 aromatic rings. The molecule has 0 aliphatic carbocycles. The maximum atomic E-state index is 10.2. The number of rotatable bonds is 9. The van der Waals surface area contributed by atoms with Gasteiger partial charge in [0, 0.05) is 18.0 Å². The Morgan fingerprint density at radius 2 is 1.96 bits per heavy atom. The van der Waals surface area contributed by atoms with Crippen molar-refractivity contribution >= 4 is 22.9 Å². The lowest BCUT2D eigenvalue weighted by atomic mass is 10.1. The largest absolute Gasteiger partial charge is 0.493 e. The molecule has 0 amide bonds. The molecule has 0 bridgehead atoms. The number of aliphatic hydroxyl groups excluding tert-OH is 1. The van der Waals surface area contributed by atoms with Gasteiger partial charge in [-0.1, -0.05) is 48.0 Å². The Labute approximate surface area is 168 Å². The van der Waals surface area contributed by atoms with Crippen LogP contribution in [0.3, 0.4) is 0 Å². The molecule has 0 spiro atoms. The van der Waals surface area contributed by atoms with Gasteiger partial charge in [-0.3, -0.25) is 0 Å². The van der Waals surface area contributed by atoms with Gasteiger partial charge >= 0.3 is 0 Å². The zero-order valence-electron chi connectivity index (χ0n) is 15.0. The molecule has 0 saturated heterocycles. The maximum absolute atomic E-state index is 10.2. The van der Waals surface area contributed by atoms with Gasteiger partial charge in [0.1, 0.15) is 6.61 Å². The zero-order valence-corrected chi connectivity index (χ0v) is 16.6. The molecule has 1 heterocycles. The molecule has 0 fully saturated rings. The number of benzene rings is 2. The summed E-state index contributed by atoms with van der Waals surface area (Å²) in [5, 5.41) is 16.0. The van der Waals surface area contributed by atoms with Gasteiger partial charge < -0.3 is 19.9 Å². The first-order valence-electron chi connectivity index (χ1n) is 8.62. The highest BCUT2D eigenvalue weighted by Gasteiger charge is 2.13. The van der Waals surface area contributed by atoms with Gasteiger partial charge in [0.25, 0.3) is 0 Å². The van der Waals surface area contributed by atoms with Gasteiger partial charge in [-0.2, -0.15) is 0 Å². The van der Waals surface area contributed by atoms with Crippen molar-refractivity contribution in [1.29, 1.82) is 0 Å². The monoisotopic (exact) mass is 403 g/mol. The average Bonchev–Trinajstić information content (AvgIpc) is 3.21. The summed E-state index contributed by atoms with van der Waals surface area (Å²) in [4.78, 5) is 1.12. The molecule has 0 aliphatic rings. The van der Waals surface area contributed by atoms with Crippen LogP contribution in [0.15, 0.2) is 60.0 Å². The fourth-order valence-electron chi connectivity index (χ4n) is 2.70. The van der Waals surface area contributed by atoms with Gasteiger partial charge in [-0.05, 0) is 34.7 Å². The number of aliphatic hydroxyl groups is 1. The van der Waals surface area contributed by atoms with Crippen LogP contribution in [0.5, 0.6) is 11.5 Å². The van der Waals surface area contributed by atoms with Crippen molar-refractivity contribution in [2.45, 2.75) is 19.3 Å². The van der Waals surface area contributed by atoms with E-state index in [2.05, 4.69) is 5.32 Å². The van der Waals surface area contributed by atoms with Crippen LogP contribution in [0.25, 0.3) is 0 Å². The second-order valence-electron chi connectivity index (χ2n) is 6.03. The molecular formula is C21H22ClNO3S. The smallest absolute Gasteiger partial charge is 0.180 e. The Bertz CT molecular complexity index is 840. The van der Waals surface area contributed by atoms with Crippen LogP contribution < -0.4 is 14.8 Å². The van der Waals surface area contributed by atoms with E-state index in [4.69, 9.17) is 21.1 Å². The molecule has 1 aromatic heterocycles. The number of hydrogen-bond acceptors (Lipinski definition) is 5. The summed E-state index contributed by atoms with van der Waals surface area (Å²) >= 11 is 8.05. The average molecular weight is 404 g/mol. The molecule has 27 heavy (non-hydrogen) atoms. The fraction of sp³-hybridized carbons (Fsp3) is 0.238. The van der Waals surface area contributed by atoms with Crippen LogP contribution in [0.2, 0.25) is 5.02 Å². The summed E-state index contributed by atoms with van der Waals surface area (Å²) in [7, 11) is 1.60. The second-order valence-corrected chi connectivity index (χ2v) is 7.47. The van der Waals surface area contributed by atoms with Crippen LogP contribution >= 0.6 is 22.9 Å². The van der Waals surface area contributed by atoms with Crippen molar-refractivity contribution < 1.29 is 14.6 Å². The number of methoxy groups -OCH3 is 1. The lowest BCUT2D eigenvalue weighted by Crippen LogP contribution is -2.21. The van der Waals surface area contributed by atoms with Crippen molar-refractivity contribution in [1.82, 2.24) is 5.32 Å². The predicted molar refractivity (Wildman–Crippen MR) is 110 cm³/mol. The molecule has 0 radical (unpaired) electrons. The highest BCUT2D eigenvalue weighted by molar-refractivity contribution is 7.09. The maximum Gasteiger partial charge on any atom is 0.180 e. The Hall–Kier alpha value is -2.05. The van der Waals surface area contributed by atoms with E-state index in [1.807, 2.05) is 60.0 Å². The molecule has 1 atom stereocenters. The summed E-state index contributed by atoms with van der Waals surface area (Å²) in [5.41, 5.74) is 1.85.